The number of nitrogens with zero attached hydrogens (tertiary/aromatic N) is 2. The largest absolute Gasteiger partial charge is 0.482 e. The first-order valence-electron chi connectivity index (χ1n) is 5.20. The van der Waals surface area contributed by atoms with Gasteiger partial charge >= 0.3 is 17.8 Å². The van der Waals surface area contributed by atoms with Crippen molar-refractivity contribution in [3.05, 3.63) is 29.8 Å². The highest BCUT2D eigenvalue weighted by molar-refractivity contribution is 5.70. The monoisotopic (exact) mass is 274 g/mol. The van der Waals surface area contributed by atoms with E-state index in [4.69, 9.17) is 4.74 Å². The van der Waals surface area contributed by atoms with Crippen LogP contribution in [0.2, 0.25) is 0 Å². The summed E-state index contributed by atoms with van der Waals surface area (Å²) in [4.78, 5) is 10.8. The summed E-state index contributed by atoms with van der Waals surface area (Å²) >= 11 is 0. The third kappa shape index (κ3) is 2.51. The molecule has 0 spiro atoms. The summed E-state index contributed by atoms with van der Waals surface area (Å²) in [7, 11) is 1.21. The van der Waals surface area contributed by atoms with Gasteiger partial charge in [0.25, 0.3) is 0 Å². The Labute approximate surface area is 106 Å². The van der Waals surface area contributed by atoms with E-state index in [2.05, 4.69) is 15.0 Å². The Morgan fingerprint density at radius 2 is 1.84 bits per heavy atom. The standard InChI is InChI=1S/C11H9F3N2O3/c1-18-9(17)6-19-8-4-2-7(3-5-8)10(15-16-10)11(12,13)14/h2-5H,6H2,1H3. The van der Waals surface area contributed by atoms with E-state index in [1.807, 2.05) is 0 Å². The molecule has 0 amide bonds. The zero-order chi connectivity index (χ0) is 14.1. The number of hydrogen-bond acceptors (Lipinski definition) is 5. The molecule has 0 bridgehead atoms. The first-order valence-corrected chi connectivity index (χ1v) is 5.20. The van der Waals surface area contributed by atoms with E-state index in [1.54, 1.807) is 0 Å². The van der Waals surface area contributed by atoms with Gasteiger partial charge in [-0.25, -0.2) is 4.79 Å². The molecule has 0 saturated heterocycles. The second kappa shape index (κ2) is 4.52. The molecule has 0 radical (unpaired) electrons. The molecule has 1 aliphatic rings. The lowest BCUT2D eigenvalue weighted by Crippen LogP contribution is -2.29. The lowest BCUT2D eigenvalue weighted by Gasteiger charge is -2.15. The third-order valence-electron chi connectivity index (χ3n) is 2.54. The van der Waals surface area contributed by atoms with Crippen LogP contribution in [0.5, 0.6) is 5.75 Å². The SMILES string of the molecule is COC(=O)COc1ccc(C2(C(F)(F)F)N=N2)cc1. The van der Waals surface area contributed by atoms with Crippen LogP contribution in [0.1, 0.15) is 5.56 Å². The van der Waals surface area contributed by atoms with Crippen molar-refractivity contribution in [1.82, 2.24) is 0 Å². The fourth-order valence-corrected chi connectivity index (χ4v) is 1.43. The Morgan fingerprint density at radius 3 is 2.26 bits per heavy atom. The van der Waals surface area contributed by atoms with E-state index in [0.29, 0.717) is 0 Å². The molecule has 0 N–H and O–H groups in total. The van der Waals surface area contributed by atoms with E-state index < -0.39 is 17.8 Å². The minimum Gasteiger partial charge on any atom is -0.482 e. The van der Waals surface area contributed by atoms with Crippen molar-refractivity contribution in [2.24, 2.45) is 10.2 Å². The van der Waals surface area contributed by atoms with Crippen molar-refractivity contribution in [1.29, 1.82) is 0 Å². The highest BCUT2D eigenvalue weighted by atomic mass is 19.4. The average molecular weight is 274 g/mol. The van der Waals surface area contributed by atoms with Gasteiger partial charge < -0.3 is 9.47 Å². The molecule has 0 saturated carbocycles. The van der Waals surface area contributed by atoms with Crippen LogP contribution in [0, 0.1) is 0 Å². The average Bonchev–Trinajstić information content (AvgIpc) is 3.17. The minimum atomic E-state index is -4.55. The maximum atomic E-state index is 12.7. The smallest absolute Gasteiger partial charge is 0.442 e. The number of esters is 1. The summed E-state index contributed by atoms with van der Waals surface area (Å²) in [5.74, 6) is -0.324. The summed E-state index contributed by atoms with van der Waals surface area (Å²) < 4.78 is 47.5. The number of hydrogen-bond donors (Lipinski definition) is 0. The fourth-order valence-electron chi connectivity index (χ4n) is 1.43. The molecule has 102 valence electrons. The molecule has 1 heterocycles. The van der Waals surface area contributed by atoms with Gasteiger partial charge in [0, 0.05) is 5.56 Å². The number of benzene rings is 1. The maximum Gasteiger partial charge on any atom is 0.442 e. The van der Waals surface area contributed by atoms with Crippen molar-refractivity contribution >= 4 is 5.97 Å². The molecule has 19 heavy (non-hydrogen) atoms. The minimum absolute atomic E-state index is 0.0922. The van der Waals surface area contributed by atoms with Crippen LogP contribution in [-0.4, -0.2) is 25.9 Å². The van der Waals surface area contributed by atoms with Crippen LogP contribution in [-0.2, 0) is 15.2 Å². The number of ether oxygens (including phenoxy) is 2. The molecule has 1 aromatic rings. The zero-order valence-electron chi connectivity index (χ0n) is 9.77. The van der Waals surface area contributed by atoms with Crippen molar-refractivity contribution in [2.45, 2.75) is 11.8 Å². The number of halogens is 3. The zero-order valence-corrected chi connectivity index (χ0v) is 9.77. The van der Waals surface area contributed by atoms with Crippen molar-refractivity contribution < 1.29 is 27.4 Å². The molecule has 0 unspecified atom stereocenters. The number of carbonyl (C=O) groups is 1. The first-order chi connectivity index (χ1) is 8.89. The first kappa shape index (κ1) is 13.3. The molecule has 5 nitrogen and oxygen atoms in total. The van der Waals surface area contributed by atoms with Gasteiger partial charge in [-0.05, 0) is 12.1 Å². The summed E-state index contributed by atoms with van der Waals surface area (Å²) in [5.41, 5.74) is -2.53. The molecular formula is C11H9F3N2O3. The molecule has 8 heteroatoms. The van der Waals surface area contributed by atoms with E-state index in [1.165, 1.54) is 31.4 Å². The summed E-state index contributed by atoms with van der Waals surface area (Å²) in [6.45, 7) is -0.311. The topological polar surface area (TPSA) is 60.2 Å². The van der Waals surface area contributed by atoms with E-state index in [9.17, 15) is 18.0 Å². The number of methoxy groups -OCH3 is 1. The van der Waals surface area contributed by atoms with Crippen LogP contribution >= 0.6 is 0 Å². The van der Waals surface area contributed by atoms with Gasteiger partial charge in [-0.15, -0.1) is 10.2 Å². The number of rotatable bonds is 4. The predicted octanol–water partition coefficient (Wildman–Crippen LogP) is 2.42. The van der Waals surface area contributed by atoms with Crippen LogP contribution in [0.25, 0.3) is 0 Å². The van der Waals surface area contributed by atoms with Crippen LogP contribution in [0.3, 0.4) is 0 Å². The van der Waals surface area contributed by atoms with Crippen LogP contribution in [0.4, 0.5) is 13.2 Å². The Kier molecular flexibility index (Phi) is 3.17. The summed E-state index contributed by atoms with van der Waals surface area (Å²) in [5, 5.41) is 6.16. The van der Waals surface area contributed by atoms with Gasteiger partial charge in [-0.3, -0.25) is 0 Å². The Bertz CT molecular complexity index is 505. The molecular weight excluding hydrogens is 265 g/mol. The molecule has 0 fully saturated rings. The van der Waals surface area contributed by atoms with Gasteiger partial charge in [0.15, 0.2) is 6.61 Å². The van der Waals surface area contributed by atoms with E-state index in [0.717, 1.165) is 0 Å². The molecule has 1 aliphatic heterocycles. The van der Waals surface area contributed by atoms with Crippen LogP contribution in [0.15, 0.2) is 34.5 Å². The highest BCUT2D eigenvalue weighted by Gasteiger charge is 2.65. The third-order valence-corrected chi connectivity index (χ3v) is 2.54. The van der Waals surface area contributed by atoms with Crippen LogP contribution < -0.4 is 4.74 Å². The summed E-state index contributed by atoms with van der Waals surface area (Å²) in [6.07, 6.45) is -4.55. The highest BCUT2D eigenvalue weighted by Crippen LogP contribution is 2.52. The summed E-state index contributed by atoms with van der Waals surface area (Å²) in [6, 6.07) is 5.05. The van der Waals surface area contributed by atoms with Gasteiger partial charge in [0.2, 0.25) is 0 Å². The lowest BCUT2D eigenvalue weighted by atomic mass is 10.0. The number of carbonyl (C=O) groups excluding carboxylic acids is 1. The lowest BCUT2D eigenvalue weighted by molar-refractivity contribution is -0.166. The molecule has 1 aromatic carbocycles. The second-order valence-corrected chi connectivity index (χ2v) is 3.76. The van der Waals surface area contributed by atoms with Crippen molar-refractivity contribution in [3.63, 3.8) is 0 Å². The molecule has 0 aromatic heterocycles. The predicted molar refractivity (Wildman–Crippen MR) is 56.5 cm³/mol. The fraction of sp³-hybridized carbons (Fsp3) is 0.364. The molecule has 2 rings (SSSR count). The Morgan fingerprint density at radius 1 is 1.26 bits per heavy atom. The molecule has 0 atom stereocenters. The van der Waals surface area contributed by atoms with E-state index in [-0.39, 0.29) is 17.9 Å². The van der Waals surface area contributed by atoms with Gasteiger partial charge in [-0.1, -0.05) is 12.1 Å². The van der Waals surface area contributed by atoms with Gasteiger partial charge in [0.05, 0.1) is 7.11 Å². The van der Waals surface area contributed by atoms with Gasteiger partial charge in [0.1, 0.15) is 5.75 Å². The van der Waals surface area contributed by atoms with E-state index >= 15 is 0 Å². The Balaban J connectivity index is 2.05. The Hall–Kier alpha value is -2.12. The quantitative estimate of drug-likeness (QED) is 0.792. The van der Waals surface area contributed by atoms with Crippen molar-refractivity contribution in [3.8, 4) is 5.75 Å². The second-order valence-electron chi connectivity index (χ2n) is 3.76. The van der Waals surface area contributed by atoms with Gasteiger partial charge in [-0.2, -0.15) is 13.2 Å². The number of alkyl halides is 3. The normalized spacial score (nSPS) is 16.0. The van der Waals surface area contributed by atoms with Crippen molar-refractivity contribution in [2.75, 3.05) is 13.7 Å². The molecule has 0 aliphatic carbocycles. The maximum absolute atomic E-state index is 12.7.